The van der Waals surface area contributed by atoms with E-state index < -0.39 is 11.9 Å². The summed E-state index contributed by atoms with van der Waals surface area (Å²) in [5.41, 5.74) is 0.980. The molecule has 0 heterocycles. The fourth-order valence-electron chi connectivity index (χ4n) is 1.15. The summed E-state index contributed by atoms with van der Waals surface area (Å²) in [5, 5.41) is 9.47. The van der Waals surface area contributed by atoms with Crippen LogP contribution >= 0.6 is 11.6 Å². The highest BCUT2D eigenvalue weighted by atomic mass is 35.5. The molecule has 1 rings (SSSR count). The van der Waals surface area contributed by atoms with Crippen LogP contribution in [0.2, 0.25) is 5.02 Å². The Balaban J connectivity index is 2.45. The van der Waals surface area contributed by atoms with Crippen LogP contribution in [0.5, 0.6) is 0 Å². The van der Waals surface area contributed by atoms with E-state index in [2.05, 4.69) is 0 Å². The molecule has 2 atom stereocenters. The van der Waals surface area contributed by atoms with Crippen LogP contribution in [0.25, 0.3) is 0 Å². The summed E-state index contributed by atoms with van der Waals surface area (Å²) in [4.78, 5) is 10.7. The van der Waals surface area contributed by atoms with Gasteiger partial charge in [-0.1, -0.05) is 23.7 Å². The predicted molar refractivity (Wildman–Crippen MR) is 62.5 cm³/mol. The fourth-order valence-corrected chi connectivity index (χ4v) is 1.28. The van der Waals surface area contributed by atoms with Crippen LogP contribution in [0, 0.1) is 5.92 Å². The van der Waals surface area contributed by atoms with E-state index in [-0.39, 0.29) is 6.10 Å². The lowest BCUT2D eigenvalue weighted by molar-refractivity contribution is -0.146. The van der Waals surface area contributed by atoms with Gasteiger partial charge < -0.3 is 9.84 Å². The van der Waals surface area contributed by atoms with Gasteiger partial charge in [0.05, 0.1) is 18.6 Å². The molecule has 1 aromatic carbocycles. The fraction of sp³-hybridized carbons (Fsp3) is 0.417. The molecule has 1 N–H and O–H groups in total. The number of hydrogen-bond donors (Lipinski definition) is 1. The highest BCUT2D eigenvalue weighted by Gasteiger charge is 2.19. The molecule has 0 spiro atoms. The van der Waals surface area contributed by atoms with Crippen LogP contribution in [0.3, 0.4) is 0 Å². The van der Waals surface area contributed by atoms with Gasteiger partial charge in [-0.15, -0.1) is 0 Å². The second-order valence-electron chi connectivity index (χ2n) is 3.77. The van der Waals surface area contributed by atoms with Gasteiger partial charge in [0.2, 0.25) is 0 Å². The standard InChI is InChI=1S/C12H15ClO3/c1-8(12(14)15)9(2)16-7-10-3-5-11(13)6-4-10/h3-6,8-9H,7H2,1-2H3,(H,14,15). The summed E-state index contributed by atoms with van der Waals surface area (Å²) >= 11 is 5.75. The highest BCUT2D eigenvalue weighted by molar-refractivity contribution is 6.30. The summed E-state index contributed by atoms with van der Waals surface area (Å²) in [6.45, 7) is 3.79. The lowest BCUT2D eigenvalue weighted by Crippen LogP contribution is -2.25. The Morgan fingerprint density at radius 3 is 2.44 bits per heavy atom. The van der Waals surface area contributed by atoms with Crippen molar-refractivity contribution in [2.75, 3.05) is 0 Å². The van der Waals surface area contributed by atoms with Crippen molar-refractivity contribution in [3.05, 3.63) is 34.9 Å². The predicted octanol–water partition coefficient (Wildman–Crippen LogP) is 2.97. The van der Waals surface area contributed by atoms with Gasteiger partial charge in [0, 0.05) is 5.02 Å². The van der Waals surface area contributed by atoms with Crippen molar-refractivity contribution in [1.29, 1.82) is 0 Å². The molecular weight excluding hydrogens is 228 g/mol. The quantitative estimate of drug-likeness (QED) is 0.864. The molecular formula is C12H15ClO3. The van der Waals surface area contributed by atoms with Gasteiger partial charge in [0.15, 0.2) is 0 Å². The lowest BCUT2D eigenvalue weighted by atomic mass is 10.1. The Bertz CT molecular complexity index is 348. The Morgan fingerprint density at radius 2 is 1.94 bits per heavy atom. The van der Waals surface area contributed by atoms with E-state index in [1.165, 1.54) is 0 Å². The molecule has 3 nitrogen and oxygen atoms in total. The minimum atomic E-state index is -0.844. The van der Waals surface area contributed by atoms with E-state index in [1.807, 2.05) is 12.1 Å². The number of hydrogen-bond acceptors (Lipinski definition) is 2. The Kier molecular flexibility index (Phi) is 4.77. The monoisotopic (exact) mass is 242 g/mol. The van der Waals surface area contributed by atoms with Gasteiger partial charge in [-0.2, -0.15) is 0 Å². The van der Waals surface area contributed by atoms with Gasteiger partial charge in [0.1, 0.15) is 0 Å². The van der Waals surface area contributed by atoms with E-state index in [9.17, 15) is 4.79 Å². The van der Waals surface area contributed by atoms with Gasteiger partial charge >= 0.3 is 5.97 Å². The zero-order valence-electron chi connectivity index (χ0n) is 9.31. The molecule has 0 aliphatic carbocycles. The molecule has 0 aromatic heterocycles. The number of carboxylic acids is 1. The number of benzene rings is 1. The summed E-state index contributed by atoms with van der Waals surface area (Å²) in [7, 11) is 0. The van der Waals surface area contributed by atoms with Crippen molar-refractivity contribution < 1.29 is 14.6 Å². The van der Waals surface area contributed by atoms with Crippen molar-refractivity contribution in [2.24, 2.45) is 5.92 Å². The maximum atomic E-state index is 10.7. The molecule has 0 aliphatic heterocycles. The number of ether oxygens (including phenoxy) is 1. The van der Waals surface area contributed by atoms with Crippen molar-refractivity contribution in [1.82, 2.24) is 0 Å². The van der Waals surface area contributed by atoms with Gasteiger partial charge in [-0.3, -0.25) is 4.79 Å². The molecule has 0 saturated carbocycles. The van der Waals surface area contributed by atoms with Gasteiger partial charge in [-0.05, 0) is 31.5 Å². The van der Waals surface area contributed by atoms with Crippen LogP contribution in [-0.4, -0.2) is 17.2 Å². The van der Waals surface area contributed by atoms with Crippen molar-refractivity contribution in [2.45, 2.75) is 26.6 Å². The zero-order chi connectivity index (χ0) is 12.1. The SMILES string of the molecule is CC(OCc1ccc(Cl)cc1)C(C)C(=O)O. The summed E-state index contributed by atoms with van der Waals surface area (Å²) in [5.74, 6) is -1.35. The Morgan fingerprint density at radius 1 is 1.38 bits per heavy atom. The molecule has 16 heavy (non-hydrogen) atoms. The molecule has 0 saturated heterocycles. The number of carboxylic acid groups (broad SMARTS) is 1. The second kappa shape index (κ2) is 5.87. The third-order valence-electron chi connectivity index (χ3n) is 2.52. The first kappa shape index (κ1) is 13.0. The second-order valence-corrected chi connectivity index (χ2v) is 4.21. The third kappa shape index (κ3) is 3.83. The van der Waals surface area contributed by atoms with E-state index >= 15 is 0 Å². The average molecular weight is 243 g/mol. The molecule has 88 valence electrons. The molecule has 1 aromatic rings. The molecule has 4 heteroatoms. The summed E-state index contributed by atoms with van der Waals surface area (Å²) in [6, 6.07) is 7.29. The van der Waals surface area contributed by atoms with Crippen molar-refractivity contribution in [3.63, 3.8) is 0 Å². The molecule has 0 aliphatic rings. The van der Waals surface area contributed by atoms with E-state index in [0.717, 1.165) is 5.56 Å². The van der Waals surface area contributed by atoms with Crippen LogP contribution in [0.1, 0.15) is 19.4 Å². The highest BCUT2D eigenvalue weighted by Crippen LogP contribution is 2.13. The molecule has 0 bridgehead atoms. The topological polar surface area (TPSA) is 46.5 Å². The van der Waals surface area contributed by atoms with E-state index in [1.54, 1.807) is 26.0 Å². The van der Waals surface area contributed by atoms with Crippen molar-refractivity contribution >= 4 is 17.6 Å². The van der Waals surface area contributed by atoms with E-state index in [4.69, 9.17) is 21.4 Å². The van der Waals surface area contributed by atoms with Gasteiger partial charge in [0.25, 0.3) is 0 Å². The minimum absolute atomic E-state index is 0.312. The Labute approximate surface area is 100.0 Å². The first-order chi connectivity index (χ1) is 7.50. The molecule has 2 unspecified atom stereocenters. The lowest BCUT2D eigenvalue weighted by Gasteiger charge is -2.16. The summed E-state index contributed by atoms with van der Waals surface area (Å²) < 4.78 is 5.47. The van der Waals surface area contributed by atoms with Gasteiger partial charge in [-0.25, -0.2) is 0 Å². The Hall–Kier alpha value is -1.06. The third-order valence-corrected chi connectivity index (χ3v) is 2.77. The maximum Gasteiger partial charge on any atom is 0.308 e. The first-order valence-corrected chi connectivity index (χ1v) is 5.47. The van der Waals surface area contributed by atoms with Crippen molar-refractivity contribution in [3.8, 4) is 0 Å². The first-order valence-electron chi connectivity index (χ1n) is 5.09. The number of aliphatic carboxylic acids is 1. The van der Waals surface area contributed by atoms with Crippen LogP contribution in [0.4, 0.5) is 0 Å². The normalized spacial score (nSPS) is 14.4. The zero-order valence-corrected chi connectivity index (χ0v) is 10.1. The molecule has 0 amide bonds. The molecule has 0 fully saturated rings. The number of rotatable bonds is 5. The number of halogens is 1. The minimum Gasteiger partial charge on any atom is -0.481 e. The smallest absolute Gasteiger partial charge is 0.308 e. The van der Waals surface area contributed by atoms with Crippen LogP contribution < -0.4 is 0 Å². The largest absolute Gasteiger partial charge is 0.481 e. The maximum absolute atomic E-state index is 10.7. The molecule has 0 radical (unpaired) electrons. The van der Waals surface area contributed by atoms with Crippen LogP contribution in [0.15, 0.2) is 24.3 Å². The average Bonchev–Trinajstić information content (AvgIpc) is 2.26. The van der Waals surface area contributed by atoms with Crippen LogP contribution in [-0.2, 0) is 16.1 Å². The van der Waals surface area contributed by atoms with E-state index in [0.29, 0.717) is 11.6 Å². The summed E-state index contributed by atoms with van der Waals surface area (Å²) in [6.07, 6.45) is -0.312. The number of carbonyl (C=O) groups is 1.